The van der Waals surface area contributed by atoms with Crippen molar-refractivity contribution in [1.82, 2.24) is 10.2 Å². The highest BCUT2D eigenvalue weighted by Gasteiger charge is 2.34. The molecule has 9 nitrogen and oxygen atoms in total. The first-order valence-corrected chi connectivity index (χ1v) is 11.9. The highest BCUT2D eigenvalue weighted by atomic mass is 35.5. The van der Waals surface area contributed by atoms with Crippen LogP contribution in [-0.4, -0.2) is 36.5 Å². The van der Waals surface area contributed by atoms with Crippen molar-refractivity contribution >= 4 is 47.2 Å². The highest BCUT2D eigenvalue weighted by Crippen LogP contribution is 2.31. The Balaban J connectivity index is 1.48. The summed E-state index contributed by atoms with van der Waals surface area (Å²) in [6, 6.07) is 12.7. The van der Waals surface area contributed by atoms with Crippen LogP contribution < -0.4 is 14.8 Å². The molecule has 3 aromatic rings. The van der Waals surface area contributed by atoms with Gasteiger partial charge in [-0.3, -0.25) is 9.69 Å². The summed E-state index contributed by atoms with van der Waals surface area (Å²) in [7, 11) is 1.23. The number of halogens is 2. The first-order chi connectivity index (χ1) is 17.8. The van der Waals surface area contributed by atoms with Crippen LogP contribution in [0, 0.1) is 0 Å². The van der Waals surface area contributed by atoms with Crippen LogP contribution in [0.4, 0.5) is 4.79 Å². The van der Waals surface area contributed by atoms with Gasteiger partial charge in [0.15, 0.2) is 11.5 Å². The molecule has 192 valence electrons. The van der Waals surface area contributed by atoms with Gasteiger partial charge in [-0.15, -0.1) is 0 Å². The molecule has 0 aliphatic carbocycles. The van der Waals surface area contributed by atoms with Gasteiger partial charge in [0.05, 0.1) is 30.3 Å². The molecule has 2 heterocycles. The molecule has 0 spiro atoms. The van der Waals surface area contributed by atoms with Crippen LogP contribution in [0.3, 0.4) is 0 Å². The molecule has 1 aromatic heterocycles. The van der Waals surface area contributed by atoms with Gasteiger partial charge in [0.1, 0.15) is 18.1 Å². The van der Waals surface area contributed by atoms with Gasteiger partial charge < -0.3 is 23.9 Å². The lowest BCUT2D eigenvalue weighted by Crippen LogP contribution is -2.30. The third kappa shape index (κ3) is 6.07. The van der Waals surface area contributed by atoms with E-state index in [1.54, 1.807) is 30.3 Å². The smallest absolute Gasteiger partial charge is 0.373 e. The van der Waals surface area contributed by atoms with Gasteiger partial charge >= 0.3 is 12.0 Å². The fraction of sp³-hybridized carbons (Fsp3) is 0.192. The average molecular weight is 545 g/mol. The zero-order chi connectivity index (χ0) is 26.5. The maximum Gasteiger partial charge on any atom is 0.373 e. The monoisotopic (exact) mass is 544 g/mol. The summed E-state index contributed by atoms with van der Waals surface area (Å²) in [6.45, 7) is 2.33. The normalized spacial score (nSPS) is 14.2. The number of imide groups is 1. The Hall–Kier alpha value is -3.95. The second kappa shape index (κ2) is 11.4. The molecule has 2 aromatic carbocycles. The van der Waals surface area contributed by atoms with E-state index in [-0.39, 0.29) is 30.4 Å². The standard InChI is InChI=1S/C26H22Cl2N2O7/c1-3-35-23-12-15(5-8-21(23)36-14-16-4-7-18(27)19(28)10-16)11-20-24(31)30(26(33)29-20)13-17-6-9-22(37-17)25(32)34-2/h4-12H,3,13-14H2,1-2H3,(H,29,33)/b20-11-. The number of ether oxygens (including phenoxy) is 3. The van der Waals surface area contributed by atoms with Gasteiger partial charge in [-0.05, 0) is 60.5 Å². The van der Waals surface area contributed by atoms with Crippen molar-refractivity contribution in [1.29, 1.82) is 0 Å². The van der Waals surface area contributed by atoms with Crippen molar-refractivity contribution in [2.45, 2.75) is 20.1 Å². The molecule has 11 heteroatoms. The molecule has 1 aliphatic rings. The number of amides is 3. The SMILES string of the molecule is CCOc1cc(/C=C2\NC(=O)N(Cc3ccc(C(=O)OC)o3)C2=O)ccc1OCc1ccc(Cl)c(Cl)c1. The van der Waals surface area contributed by atoms with E-state index in [0.717, 1.165) is 10.5 Å². The number of urea groups is 1. The zero-order valence-corrected chi connectivity index (χ0v) is 21.4. The minimum atomic E-state index is -0.654. The number of methoxy groups -OCH3 is 1. The molecule has 1 aliphatic heterocycles. The number of nitrogens with one attached hydrogen (secondary N) is 1. The summed E-state index contributed by atoms with van der Waals surface area (Å²) in [6.07, 6.45) is 1.54. The molecule has 4 rings (SSSR count). The van der Waals surface area contributed by atoms with Crippen LogP contribution in [0.15, 0.2) is 58.6 Å². The van der Waals surface area contributed by atoms with Crippen LogP contribution in [0.25, 0.3) is 6.08 Å². The van der Waals surface area contributed by atoms with Crippen molar-refractivity contribution < 1.29 is 33.0 Å². The molecule has 3 amide bonds. The summed E-state index contributed by atoms with van der Waals surface area (Å²) in [5.41, 5.74) is 1.52. The lowest BCUT2D eigenvalue weighted by molar-refractivity contribution is -0.123. The summed E-state index contributed by atoms with van der Waals surface area (Å²) in [5, 5.41) is 3.45. The Morgan fingerprint density at radius 2 is 1.84 bits per heavy atom. The van der Waals surface area contributed by atoms with E-state index in [2.05, 4.69) is 10.1 Å². The van der Waals surface area contributed by atoms with E-state index in [0.29, 0.717) is 33.7 Å². The van der Waals surface area contributed by atoms with E-state index in [1.807, 2.05) is 13.0 Å². The van der Waals surface area contributed by atoms with E-state index in [1.165, 1.54) is 25.3 Å². The van der Waals surface area contributed by atoms with Gasteiger partial charge in [-0.1, -0.05) is 35.3 Å². The van der Waals surface area contributed by atoms with Crippen molar-refractivity contribution in [3.8, 4) is 11.5 Å². The topological polar surface area (TPSA) is 107 Å². The average Bonchev–Trinajstić information content (AvgIpc) is 3.46. The molecule has 0 unspecified atom stereocenters. The summed E-state index contributed by atoms with van der Waals surface area (Å²) in [4.78, 5) is 37.9. The number of esters is 1. The Kier molecular flexibility index (Phi) is 8.05. The summed E-state index contributed by atoms with van der Waals surface area (Å²) in [5.74, 6) is 0.00382. The lowest BCUT2D eigenvalue weighted by atomic mass is 10.1. The van der Waals surface area contributed by atoms with Gasteiger partial charge in [-0.25, -0.2) is 9.59 Å². The third-order valence-corrected chi connectivity index (χ3v) is 6.02. The number of nitrogens with zero attached hydrogens (tertiary/aromatic N) is 1. The van der Waals surface area contributed by atoms with Crippen molar-refractivity contribution in [3.05, 3.63) is 86.9 Å². The number of hydrogen-bond donors (Lipinski definition) is 1. The van der Waals surface area contributed by atoms with Crippen LogP contribution in [0.2, 0.25) is 10.0 Å². The Morgan fingerprint density at radius 3 is 2.57 bits per heavy atom. The number of carbonyl (C=O) groups excluding carboxylic acids is 3. The van der Waals surface area contributed by atoms with Crippen molar-refractivity contribution in [3.63, 3.8) is 0 Å². The number of benzene rings is 2. The second-order valence-electron chi connectivity index (χ2n) is 7.81. The zero-order valence-electron chi connectivity index (χ0n) is 19.9. The molecular formula is C26H22Cl2N2O7. The summed E-state index contributed by atoms with van der Waals surface area (Å²) >= 11 is 12.0. The molecule has 37 heavy (non-hydrogen) atoms. The molecule has 0 radical (unpaired) electrons. The number of furan rings is 1. The van der Waals surface area contributed by atoms with Crippen LogP contribution in [-0.2, 0) is 22.7 Å². The van der Waals surface area contributed by atoms with Gasteiger partial charge in [-0.2, -0.15) is 0 Å². The number of rotatable bonds is 9. The fourth-order valence-electron chi connectivity index (χ4n) is 3.50. The first kappa shape index (κ1) is 26.1. The van der Waals surface area contributed by atoms with E-state index >= 15 is 0 Å². The number of hydrogen-bond acceptors (Lipinski definition) is 7. The predicted octanol–water partition coefficient (Wildman–Crippen LogP) is 5.44. The van der Waals surface area contributed by atoms with Crippen molar-refractivity contribution in [2.75, 3.05) is 13.7 Å². The van der Waals surface area contributed by atoms with Gasteiger partial charge in [0.25, 0.3) is 5.91 Å². The molecule has 1 N–H and O–H groups in total. The maximum atomic E-state index is 12.9. The Bertz CT molecular complexity index is 1380. The highest BCUT2D eigenvalue weighted by molar-refractivity contribution is 6.42. The van der Waals surface area contributed by atoms with E-state index < -0.39 is 17.9 Å². The molecule has 0 atom stereocenters. The van der Waals surface area contributed by atoms with E-state index in [4.69, 9.17) is 37.1 Å². The van der Waals surface area contributed by atoms with E-state index in [9.17, 15) is 14.4 Å². The second-order valence-corrected chi connectivity index (χ2v) is 8.63. The minimum absolute atomic E-state index is 0.0229. The quantitative estimate of drug-likeness (QED) is 0.217. The molecule has 1 saturated heterocycles. The Morgan fingerprint density at radius 1 is 1.03 bits per heavy atom. The third-order valence-electron chi connectivity index (χ3n) is 5.28. The minimum Gasteiger partial charge on any atom is -0.490 e. The predicted molar refractivity (Wildman–Crippen MR) is 136 cm³/mol. The maximum absolute atomic E-state index is 12.9. The van der Waals surface area contributed by atoms with Gasteiger partial charge in [0, 0.05) is 0 Å². The Labute approximate surface area is 222 Å². The van der Waals surface area contributed by atoms with Crippen LogP contribution in [0.5, 0.6) is 11.5 Å². The summed E-state index contributed by atoms with van der Waals surface area (Å²) < 4.78 is 21.6. The number of carbonyl (C=O) groups is 3. The molecular weight excluding hydrogens is 523 g/mol. The molecule has 1 fully saturated rings. The van der Waals surface area contributed by atoms with Crippen molar-refractivity contribution in [2.24, 2.45) is 0 Å². The van der Waals surface area contributed by atoms with Gasteiger partial charge in [0.2, 0.25) is 5.76 Å². The lowest BCUT2D eigenvalue weighted by Gasteiger charge is -2.13. The molecule has 0 bridgehead atoms. The molecule has 0 saturated carbocycles. The fourth-order valence-corrected chi connectivity index (χ4v) is 3.82. The van der Waals surface area contributed by atoms with Crippen LogP contribution >= 0.6 is 23.2 Å². The largest absolute Gasteiger partial charge is 0.490 e. The first-order valence-electron chi connectivity index (χ1n) is 11.1. The van der Waals surface area contributed by atoms with Crippen LogP contribution in [0.1, 0.15) is 34.4 Å².